The molecule has 0 aliphatic carbocycles. The molecule has 108 valence electrons. The maximum absolute atomic E-state index is 5.70. The molecule has 1 atom stereocenters. The summed E-state index contributed by atoms with van der Waals surface area (Å²) in [4.78, 5) is 2.57. The topological polar surface area (TPSA) is 28.4 Å². The first-order chi connectivity index (χ1) is 9.20. The van der Waals surface area contributed by atoms with E-state index in [-0.39, 0.29) is 0 Å². The first-order valence-corrected chi connectivity index (χ1v) is 7.70. The fourth-order valence-corrected chi connectivity index (χ4v) is 2.91. The summed E-state index contributed by atoms with van der Waals surface area (Å²) in [5.41, 5.74) is 1.32. The van der Waals surface area contributed by atoms with Crippen molar-refractivity contribution >= 4 is 0 Å². The standard InChI is InChI=1S/C16H28N2O/c1-4-15-6-5-8-18(15)12-16-14(7-9-19-16)11-17-10-13(2)3/h7,9,13,15,17H,4-6,8,10-12H2,1-3H3. The maximum Gasteiger partial charge on any atom is 0.122 e. The van der Waals surface area contributed by atoms with Gasteiger partial charge in [0.2, 0.25) is 0 Å². The molecule has 2 heterocycles. The maximum atomic E-state index is 5.70. The minimum absolute atomic E-state index is 0.693. The molecule has 1 saturated heterocycles. The van der Waals surface area contributed by atoms with Gasteiger partial charge >= 0.3 is 0 Å². The number of rotatable bonds is 7. The lowest BCUT2D eigenvalue weighted by Crippen LogP contribution is -2.28. The summed E-state index contributed by atoms with van der Waals surface area (Å²) in [6.07, 6.45) is 5.76. The van der Waals surface area contributed by atoms with E-state index < -0.39 is 0 Å². The molecule has 1 N–H and O–H groups in total. The third kappa shape index (κ3) is 4.08. The van der Waals surface area contributed by atoms with Gasteiger partial charge in [-0.1, -0.05) is 20.8 Å². The van der Waals surface area contributed by atoms with Gasteiger partial charge in [0.25, 0.3) is 0 Å². The fraction of sp³-hybridized carbons (Fsp3) is 0.750. The van der Waals surface area contributed by atoms with E-state index in [0.717, 1.165) is 31.4 Å². The first-order valence-electron chi connectivity index (χ1n) is 7.70. The Morgan fingerprint density at radius 3 is 3.05 bits per heavy atom. The number of nitrogens with one attached hydrogen (secondary N) is 1. The third-order valence-electron chi connectivity index (χ3n) is 4.02. The highest BCUT2D eigenvalue weighted by Gasteiger charge is 2.24. The highest BCUT2D eigenvalue weighted by Crippen LogP contribution is 2.23. The van der Waals surface area contributed by atoms with Crippen LogP contribution in [0.2, 0.25) is 0 Å². The Labute approximate surface area is 117 Å². The van der Waals surface area contributed by atoms with Crippen molar-refractivity contribution < 1.29 is 4.42 Å². The minimum atomic E-state index is 0.693. The van der Waals surface area contributed by atoms with Crippen LogP contribution in [0.4, 0.5) is 0 Å². The van der Waals surface area contributed by atoms with Crippen molar-refractivity contribution in [2.24, 2.45) is 5.92 Å². The molecule has 1 unspecified atom stereocenters. The van der Waals surface area contributed by atoms with E-state index in [9.17, 15) is 0 Å². The normalized spacial score (nSPS) is 20.5. The molecule has 1 aliphatic rings. The molecule has 1 aliphatic heterocycles. The van der Waals surface area contributed by atoms with Crippen molar-refractivity contribution in [2.45, 2.75) is 59.2 Å². The van der Waals surface area contributed by atoms with Gasteiger partial charge in [-0.25, -0.2) is 0 Å². The summed E-state index contributed by atoms with van der Waals surface area (Å²) >= 11 is 0. The van der Waals surface area contributed by atoms with Crippen molar-refractivity contribution in [3.05, 3.63) is 23.7 Å². The van der Waals surface area contributed by atoms with E-state index in [0.29, 0.717) is 5.92 Å². The lowest BCUT2D eigenvalue weighted by atomic mass is 10.1. The molecule has 2 rings (SSSR count). The number of hydrogen-bond donors (Lipinski definition) is 1. The lowest BCUT2D eigenvalue weighted by molar-refractivity contribution is 0.220. The quantitative estimate of drug-likeness (QED) is 0.818. The molecule has 1 fully saturated rings. The summed E-state index contributed by atoms with van der Waals surface area (Å²) < 4.78 is 5.70. The van der Waals surface area contributed by atoms with E-state index in [1.54, 1.807) is 0 Å². The van der Waals surface area contributed by atoms with Gasteiger partial charge in [-0.3, -0.25) is 4.90 Å². The molecule has 0 spiro atoms. The molecule has 1 aromatic rings. The highest BCUT2D eigenvalue weighted by atomic mass is 16.3. The van der Waals surface area contributed by atoms with Crippen molar-refractivity contribution in [1.82, 2.24) is 10.2 Å². The average Bonchev–Trinajstić information content (AvgIpc) is 2.99. The van der Waals surface area contributed by atoms with Crippen LogP contribution in [-0.4, -0.2) is 24.0 Å². The monoisotopic (exact) mass is 264 g/mol. The minimum Gasteiger partial charge on any atom is -0.468 e. The van der Waals surface area contributed by atoms with E-state index in [2.05, 4.69) is 37.1 Å². The second kappa shape index (κ2) is 7.11. The van der Waals surface area contributed by atoms with Crippen molar-refractivity contribution in [1.29, 1.82) is 0 Å². The largest absolute Gasteiger partial charge is 0.468 e. The second-order valence-electron chi connectivity index (χ2n) is 6.07. The Kier molecular flexibility index (Phi) is 5.46. The molecular formula is C16H28N2O. The number of furan rings is 1. The lowest BCUT2D eigenvalue weighted by Gasteiger charge is -2.22. The van der Waals surface area contributed by atoms with Crippen LogP contribution in [0.15, 0.2) is 16.7 Å². The van der Waals surface area contributed by atoms with Crippen molar-refractivity contribution in [3.63, 3.8) is 0 Å². The summed E-state index contributed by atoms with van der Waals surface area (Å²) in [6, 6.07) is 2.86. The van der Waals surface area contributed by atoms with Crippen LogP contribution in [0.25, 0.3) is 0 Å². The zero-order valence-corrected chi connectivity index (χ0v) is 12.6. The smallest absolute Gasteiger partial charge is 0.122 e. The summed E-state index contributed by atoms with van der Waals surface area (Å²) in [6.45, 7) is 10.9. The zero-order valence-electron chi connectivity index (χ0n) is 12.6. The number of likely N-dealkylation sites (tertiary alicyclic amines) is 1. The zero-order chi connectivity index (χ0) is 13.7. The Bertz CT molecular complexity index is 373. The second-order valence-corrected chi connectivity index (χ2v) is 6.07. The Morgan fingerprint density at radius 2 is 2.32 bits per heavy atom. The van der Waals surface area contributed by atoms with E-state index in [4.69, 9.17) is 4.42 Å². The van der Waals surface area contributed by atoms with Gasteiger partial charge in [0.05, 0.1) is 12.8 Å². The van der Waals surface area contributed by atoms with Gasteiger partial charge in [0, 0.05) is 18.2 Å². The third-order valence-corrected chi connectivity index (χ3v) is 4.02. The van der Waals surface area contributed by atoms with Crippen LogP contribution in [0.5, 0.6) is 0 Å². The summed E-state index contributed by atoms with van der Waals surface area (Å²) in [5.74, 6) is 1.84. The summed E-state index contributed by atoms with van der Waals surface area (Å²) in [7, 11) is 0. The van der Waals surface area contributed by atoms with Crippen LogP contribution < -0.4 is 5.32 Å². The highest BCUT2D eigenvalue weighted by molar-refractivity contribution is 5.17. The van der Waals surface area contributed by atoms with Crippen LogP contribution in [0.1, 0.15) is 51.4 Å². The van der Waals surface area contributed by atoms with Gasteiger partial charge < -0.3 is 9.73 Å². The van der Waals surface area contributed by atoms with E-state index in [1.165, 1.54) is 31.4 Å². The molecule has 0 saturated carbocycles. The molecule has 3 heteroatoms. The van der Waals surface area contributed by atoms with Gasteiger partial charge in [-0.15, -0.1) is 0 Å². The van der Waals surface area contributed by atoms with E-state index in [1.807, 2.05) is 6.26 Å². The molecule has 19 heavy (non-hydrogen) atoms. The number of hydrogen-bond acceptors (Lipinski definition) is 3. The van der Waals surface area contributed by atoms with Crippen LogP contribution >= 0.6 is 0 Å². The SMILES string of the molecule is CCC1CCCN1Cc1occc1CNCC(C)C. The van der Waals surface area contributed by atoms with Crippen molar-refractivity contribution in [2.75, 3.05) is 13.1 Å². The molecular weight excluding hydrogens is 236 g/mol. The Morgan fingerprint density at radius 1 is 1.47 bits per heavy atom. The predicted octanol–water partition coefficient (Wildman–Crippen LogP) is 3.40. The number of nitrogens with zero attached hydrogens (tertiary/aromatic N) is 1. The summed E-state index contributed by atoms with van der Waals surface area (Å²) in [5, 5.41) is 3.50. The van der Waals surface area contributed by atoms with Gasteiger partial charge in [-0.2, -0.15) is 0 Å². The van der Waals surface area contributed by atoms with Gasteiger partial charge in [-0.05, 0) is 44.3 Å². The molecule has 0 radical (unpaired) electrons. The Hall–Kier alpha value is -0.800. The van der Waals surface area contributed by atoms with Gasteiger partial charge in [0.1, 0.15) is 5.76 Å². The first kappa shape index (κ1) is 14.6. The Balaban J connectivity index is 1.88. The van der Waals surface area contributed by atoms with E-state index >= 15 is 0 Å². The van der Waals surface area contributed by atoms with Crippen LogP contribution in [0, 0.1) is 5.92 Å². The van der Waals surface area contributed by atoms with Crippen LogP contribution in [-0.2, 0) is 13.1 Å². The van der Waals surface area contributed by atoms with Crippen molar-refractivity contribution in [3.8, 4) is 0 Å². The molecule has 3 nitrogen and oxygen atoms in total. The van der Waals surface area contributed by atoms with Crippen LogP contribution in [0.3, 0.4) is 0 Å². The molecule has 1 aromatic heterocycles. The fourth-order valence-electron chi connectivity index (χ4n) is 2.91. The average molecular weight is 264 g/mol. The molecule has 0 amide bonds. The molecule has 0 aromatic carbocycles. The molecule has 0 bridgehead atoms. The van der Waals surface area contributed by atoms with Gasteiger partial charge in [0.15, 0.2) is 0 Å². The predicted molar refractivity (Wildman–Crippen MR) is 79.0 cm³/mol.